The van der Waals surface area contributed by atoms with Crippen LogP contribution in [0.2, 0.25) is 5.02 Å². The van der Waals surface area contributed by atoms with Crippen LogP contribution in [0, 0.1) is 6.92 Å². The summed E-state index contributed by atoms with van der Waals surface area (Å²) >= 11 is 5.88. The van der Waals surface area contributed by atoms with Gasteiger partial charge in [-0.3, -0.25) is 4.68 Å². The minimum Gasteiger partial charge on any atom is -0.305 e. The first-order valence-electron chi connectivity index (χ1n) is 6.04. The lowest BCUT2D eigenvalue weighted by atomic mass is 10.1. The molecule has 0 spiro atoms. The van der Waals surface area contributed by atoms with E-state index in [1.807, 2.05) is 30.8 Å². The average Bonchev–Trinajstić information content (AvgIpc) is 2.66. The maximum Gasteiger partial charge on any atom is 0.0597 e. The second kappa shape index (κ2) is 5.55. The monoisotopic (exact) mass is 263 g/mol. The van der Waals surface area contributed by atoms with Gasteiger partial charge in [-0.25, -0.2) is 0 Å². The van der Waals surface area contributed by atoms with Crippen molar-refractivity contribution in [3.8, 4) is 0 Å². The highest BCUT2D eigenvalue weighted by atomic mass is 35.5. The Bertz CT molecular complexity index is 516. The number of nitrogens with one attached hydrogen (secondary N) is 1. The van der Waals surface area contributed by atoms with Crippen molar-refractivity contribution < 1.29 is 0 Å². The van der Waals surface area contributed by atoms with Gasteiger partial charge in [-0.1, -0.05) is 23.7 Å². The molecular weight excluding hydrogens is 246 g/mol. The number of benzene rings is 1. The van der Waals surface area contributed by atoms with E-state index in [1.54, 1.807) is 0 Å². The minimum atomic E-state index is 0.289. The van der Waals surface area contributed by atoms with Crippen molar-refractivity contribution in [2.75, 3.05) is 0 Å². The first-order valence-corrected chi connectivity index (χ1v) is 6.42. The second-order valence-electron chi connectivity index (χ2n) is 4.55. The van der Waals surface area contributed by atoms with Crippen LogP contribution in [0.15, 0.2) is 30.3 Å². The summed E-state index contributed by atoms with van der Waals surface area (Å²) in [4.78, 5) is 0. The predicted octanol–water partition coefficient (Wildman–Crippen LogP) is 3.23. The van der Waals surface area contributed by atoms with E-state index < -0.39 is 0 Å². The molecule has 1 atom stereocenters. The van der Waals surface area contributed by atoms with Crippen LogP contribution in [-0.4, -0.2) is 9.78 Å². The highest BCUT2D eigenvalue weighted by molar-refractivity contribution is 6.30. The molecule has 4 heteroatoms. The Morgan fingerprint density at radius 1 is 1.33 bits per heavy atom. The summed E-state index contributed by atoms with van der Waals surface area (Å²) in [7, 11) is 1.97. The van der Waals surface area contributed by atoms with Crippen molar-refractivity contribution in [1.82, 2.24) is 15.1 Å². The smallest absolute Gasteiger partial charge is 0.0597 e. The van der Waals surface area contributed by atoms with Crippen molar-refractivity contribution in [2.45, 2.75) is 26.4 Å². The van der Waals surface area contributed by atoms with Crippen molar-refractivity contribution >= 4 is 11.6 Å². The Morgan fingerprint density at radius 2 is 2.00 bits per heavy atom. The molecule has 1 N–H and O–H groups in total. The van der Waals surface area contributed by atoms with Crippen molar-refractivity contribution in [3.63, 3.8) is 0 Å². The fraction of sp³-hybridized carbons (Fsp3) is 0.357. The Kier molecular flexibility index (Phi) is 4.04. The molecule has 0 aliphatic heterocycles. The molecule has 2 rings (SSSR count). The van der Waals surface area contributed by atoms with Crippen LogP contribution < -0.4 is 5.32 Å². The molecule has 0 bridgehead atoms. The van der Waals surface area contributed by atoms with Crippen LogP contribution >= 0.6 is 11.6 Å². The van der Waals surface area contributed by atoms with Gasteiger partial charge in [0.05, 0.1) is 11.4 Å². The van der Waals surface area contributed by atoms with E-state index in [2.05, 4.69) is 35.5 Å². The average molecular weight is 264 g/mol. The number of nitrogens with zero attached hydrogens (tertiary/aromatic N) is 2. The zero-order chi connectivity index (χ0) is 13.1. The summed E-state index contributed by atoms with van der Waals surface area (Å²) in [5.74, 6) is 0. The first kappa shape index (κ1) is 13.1. The van der Waals surface area contributed by atoms with Gasteiger partial charge >= 0.3 is 0 Å². The summed E-state index contributed by atoms with van der Waals surface area (Å²) < 4.78 is 1.91. The van der Waals surface area contributed by atoms with E-state index in [4.69, 9.17) is 11.6 Å². The fourth-order valence-electron chi connectivity index (χ4n) is 1.96. The van der Waals surface area contributed by atoms with E-state index in [0.29, 0.717) is 0 Å². The van der Waals surface area contributed by atoms with Crippen molar-refractivity contribution in [1.29, 1.82) is 0 Å². The summed E-state index contributed by atoms with van der Waals surface area (Å²) in [5.41, 5.74) is 3.47. The summed E-state index contributed by atoms with van der Waals surface area (Å²) in [6.07, 6.45) is 0. The van der Waals surface area contributed by atoms with Crippen LogP contribution in [0.4, 0.5) is 0 Å². The Morgan fingerprint density at radius 3 is 2.56 bits per heavy atom. The van der Waals surface area contributed by atoms with Crippen molar-refractivity contribution in [3.05, 3.63) is 52.3 Å². The predicted molar refractivity (Wildman–Crippen MR) is 74.7 cm³/mol. The number of aromatic nitrogens is 2. The largest absolute Gasteiger partial charge is 0.305 e. The molecule has 18 heavy (non-hydrogen) atoms. The maximum atomic E-state index is 5.88. The fourth-order valence-corrected chi connectivity index (χ4v) is 2.08. The molecule has 0 unspecified atom stereocenters. The highest BCUT2D eigenvalue weighted by Crippen LogP contribution is 2.16. The molecule has 1 heterocycles. The SMILES string of the molecule is Cc1cc(CN[C@H](C)c2ccc(Cl)cc2)n(C)n1. The zero-order valence-electron chi connectivity index (χ0n) is 10.9. The third kappa shape index (κ3) is 3.12. The van der Waals surface area contributed by atoms with Gasteiger partial charge in [0.1, 0.15) is 0 Å². The molecule has 1 aromatic carbocycles. The van der Waals surface area contributed by atoms with Crippen LogP contribution in [0.3, 0.4) is 0 Å². The maximum absolute atomic E-state index is 5.88. The van der Waals surface area contributed by atoms with E-state index in [9.17, 15) is 0 Å². The minimum absolute atomic E-state index is 0.289. The Balaban J connectivity index is 1.98. The molecule has 1 aromatic heterocycles. The second-order valence-corrected chi connectivity index (χ2v) is 4.99. The van der Waals surface area contributed by atoms with Crippen LogP contribution in [-0.2, 0) is 13.6 Å². The van der Waals surface area contributed by atoms with Gasteiger partial charge in [0, 0.05) is 24.7 Å². The number of hydrogen-bond donors (Lipinski definition) is 1. The van der Waals surface area contributed by atoms with E-state index in [0.717, 1.165) is 17.3 Å². The van der Waals surface area contributed by atoms with E-state index >= 15 is 0 Å². The molecule has 0 radical (unpaired) electrons. The van der Waals surface area contributed by atoms with Gasteiger partial charge in [-0.15, -0.1) is 0 Å². The molecule has 0 amide bonds. The van der Waals surface area contributed by atoms with Gasteiger partial charge in [-0.2, -0.15) is 5.10 Å². The molecule has 2 aromatic rings. The third-order valence-corrected chi connectivity index (χ3v) is 3.31. The molecular formula is C14H18ClN3. The molecule has 96 valence electrons. The third-order valence-electron chi connectivity index (χ3n) is 3.06. The van der Waals surface area contributed by atoms with E-state index in [-0.39, 0.29) is 6.04 Å². The number of aryl methyl sites for hydroxylation is 2. The molecule has 0 fully saturated rings. The number of halogens is 1. The molecule has 0 saturated heterocycles. The lowest BCUT2D eigenvalue weighted by molar-refractivity contribution is 0.548. The number of rotatable bonds is 4. The molecule has 0 aliphatic carbocycles. The molecule has 0 aliphatic rings. The van der Waals surface area contributed by atoms with Crippen LogP contribution in [0.5, 0.6) is 0 Å². The van der Waals surface area contributed by atoms with Crippen LogP contribution in [0.25, 0.3) is 0 Å². The summed E-state index contributed by atoms with van der Waals surface area (Å²) in [5, 5.41) is 8.59. The lowest BCUT2D eigenvalue weighted by Crippen LogP contribution is -2.19. The highest BCUT2D eigenvalue weighted by Gasteiger charge is 2.07. The lowest BCUT2D eigenvalue weighted by Gasteiger charge is -2.14. The van der Waals surface area contributed by atoms with Crippen molar-refractivity contribution in [2.24, 2.45) is 7.05 Å². The quantitative estimate of drug-likeness (QED) is 0.918. The first-order chi connectivity index (χ1) is 8.56. The Hall–Kier alpha value is -1.32. The van der Waals surface area contributed by atoms with Crippen LogP contribution in [0.1, 0.15) is 29.9 Å². The molecule has 0 saturated carbocycles. The Labute approximate surface area is 113 Å². The number of hydrogen-bond acceptors (Lipinski definition) is 2. The zero-order valence-corrected chi connectivity index (χ0v) is 11.7. The summed E-state index contributed by atoms with van der Waals surface area (Å²) in [6, 6.07) is 10.3. The van der Waals surface area contributed by atoms with Gasteiger partial charge in [-0.05, 0) is 37.6 Å². The van der Waals surface area contributed by atoms with Gasteiger partial charge in [0.15, 0.2) is 0 Å². The normalized spacial score (nSPS) is 12.7. The van der Waals surface area contributed by atoms with E-state index in [1.165, 1.54) is 11.3 Å². The topological polar surface area (TPSA) is 29.9 Å². The standard InChI is InChI=1S/C14H18ClN3/c1-10-8-14(18(3)17-10)9-16-11(2)12-4-6-13(15)7-5-12/h4-8,11,16H,9H2,1-3H3/t11-/m1/s1. The van der Waals surface area contributed by atoms with Gasteiger partial charge in [0.25, 0.3) is 0 Å². The summed E-state index contributed by atoms with van der Waals surface area (Å²) in [6.45, 7) is 4.96. The van der Waals surface area contributed by atoms with Gasteiger partial charge < -0.3 is 5.32 Å². The molecule has 3 nitrogen and oxygen atoms in total. The van der Waals surface area contributed by atoms with Gasteiger partial charge in [0.2, 0.25) is 0 Å².